The van der Waals surface area contributed by atoms with E-state index in [1.165, 1.54) is 23.8 Å². The van der Waals surface area contributed by atoms with Gasteiger partial charge in [-0.05, 0) is 19.8 Å². The first kappa shape index (κ1) is 15.0. The number of aromatic nitrogens is 2. The normalized spacial score (nSPS) is 20.6. The van der Waals surface area contributed by atoms with Crippen molar-refractivity contribution in [2.75, 3.05) is 26.0 Å². The molecule has 0 spiro atoms. The molecule has 1 unspecified atom stereocenters. The number of hydrogen-bond donors (Lipinski definition) is 0. The van der Waals surface area contributed by atoms with Crippen molar-refractivity contribution >= 4 is 10.0 Å². The van der Waals surface area contributed by atoms with Gasteiger partial charge in [-0.15, -0.1) is 0 Å². The zero-order chi connectivity index (χ0) is 14.6. The fourth-order valence-corrected chi connectivity index (χ4v) is 3.29. The van der Waals surface area contributed by atoms with Crippen LogP contribution in [0, 0.1) is 0 Å². The second-order valence-electron chi connectivity index (χ2n) is 4.51. The van der Waals surface area contributed by atoms with Crippen LogP contribution in [0.1, 0.15) is 19.8 Å². The second kappa shape index (κ2) is 6.36. The monoisotopic (exact) mass is 301 g/mol. The number of sulfonamides is 1. The molecule has 0 amide bonds. The van der Waals surface area contributed by atoms with Crippen LogP contribution in [0.4, 0.5) is 0 Å². The summed E-state index contributed by atoms with van der Waals surface area (Å²) in [5, 5.41) is 0. The second-order valence-corrected chi connectivity index (χ2v) is 6.77. The number of ether oxygens (including phenoxy) is 2. The fraction of sp³-hybridized carbons (Fsp3) is 0.667. The molecule has 0 N–H and O–H groups in total. The zero-order valence-electron chi connectivity index (χ0n) is 11.7. The lowest BCUT2D eigenvalue weighted by Gasteiger charge is -2.31. The van der Waals surface area contributed by atoms with Crippen LogP contribution in [0.3, 0.4) is 0 Å². The third kappa shape index (κ3) is 3.37. The highest BCUT2D eigenvalue weighted by molar-refractivity contribution is 7.89. The molecule has 1 aromatic heterocycles. The molecule has 2 rings (SSSR count). The number of rotatable bonds is 5. The van der Waals surface area contributed by atoms with E-state index >= 15 is 0 Å². The molecule has 1 saturated heterocycles. The zero-order valence-corrected chi connectivity index (χ0v) is 12.5. The van der Waals surface area contributed by atoms with Gasteiger partial charge >= 0.3 is 0 Å². The fourth-order valence-electron chi connectivity index (χ4n) is 2.13. The van der Waals surface area contributed by atoms with Crippen molar-refractivity contribution in [2.45, 2.75) is 25.9 Å². The van der Waals surface area contributed by atoms with E-state index in [0.29, 0.717) is 24.8 Å². The quantitative estimate of drug-likeness (QED) is 0.795. The average Bonchev–Trinajstić information content (AvgIpc) is 2.48. The Bertz CT molecular complexity index is 549. The van der Waals surface area contributed by atoms with E-state index in [0.717, 1.165) is 12.8 Å². The molecule has 1 aliphatic rings. The Morgan fingerprint density at radius 1 is 1.35 bits per heavy atom. The lowest BCUT2D eigenvalue weighted by Crippen LogP contribution is -2.45. The summed E-state index contributed by atoms with van der Waals surface area (Å²) in [6.07, 6.45) is 4.36. The van der Waals surface area contributed by atoms with Crippen molar-refractivity contribution < 1.29 is 17.9 Å². The van der Waals surface area contributed by atoms with Gasteiger partial charge in [0.15, 0.2) is 0 Å². The van der Waals surface area contributed by atoms with Crippen LogP contribution in [0.25, 0.3) is 0 Å². The lowest BCUT2D eigenvalue weighted by molar-refractivity contribution is 0.119. The maximum absolute atomic E-state index is 11.9. The van der Waals surface area contributed by atoms with Crippen LogP contribution in [-0.4, -0.2) is 54.7 Å². The van der Waals surface area contributed by atoms with Crippen molar-refractivity contribution in [1.82, 2.24) is 14.3 Å². The van der Waals surface area contributed by atoms with E-state index in [2.05, 4.69) is 9.97 Å². The molecule has 0 saturated carbocycles. The molecule has 1 atom stereocenters. The van der Waals surface area contributed by atoms with E-state index < -0.39 is 10.0 Å². The first-order valence-corrected chi connectivity index (χ1v) is 8.17. The van der Waals surface area contributed by atoms with Crippen LogP contribution >= 0.6 is 0 Å². The highest BCUT2D eigenvalue weighted by Crippen LogP contribution is 2.24. The first-order valence-electron chi connectivity index (χ1n) is 6.56. The van der Waals surface area contributed by atoms with Crippen LogP contribution in [-0.2, 0) is 10.0 Å². The van der Waals surface area contributed by atoms with Crippen molar-refractivity contribution in [2.24, 2.45) is 0 Å². The van der Waals surface area contributed by atoms with Gasteiger partial charge in [-0.25, -0.2) is 18.4 Å². The van der Waals surface area contributed by atoms with Crippen molar-refractivity contribution in [3.63, 3.8) is 0 Å². The number of piperidine rings is 1. The molecule has 1 fully saturated rings. The summed E-state index contributed by atoms with van der Waals surface area (Å²) in [5.41, 5.74) is 0. The molecule has 2 heterocycles. The average molecular weight is 301 g/mol. The van der Waals surface area contributed by atoms with E-state index in [-0.39, 0.29) is 11.9 Å². The predicted molar refractivity (Wildman–Crippen MR) is 73.3 cm³/mol. The van der Waals surface area contributed by atoms with E-state index in [9.17, 15) is 8.42 Å². The van der Waals surface area contributed by atoms with E-state index in [1.807, 2.05) is 0 Å². The molecule has 8 heteroatoms. The molecule has 0 bridgehead atoms. The van der Waals surface area contributed by atoms with Gasteiger partial charge in [-0.3, -0.25) is 0 Å². The van der Waals surface area contributed by atoms with Gasteiger partial charge in [-0.1, -0.05) is 0 Å². The summed E-state index contributed by atoms with van der Waals surface area (Å²) in [6.45, 7) is 2.54. The Kier molecular flexibility index (Phi) is 4.77. The van der Waals surface area contributed by atoms with Gasteiger partial charge in [0.1, 0.15) is 6.10 Å². The third-order valence-corrected chi connectivity index (χ3v) is 5.05. The highest BCUT2D eigenvalue weighted by atomic mass is 32.2. The maximum atomic E-state index is 11.9. The van der Waals surface area contributed by atoms with Crippen LogP contribution in [0.5, 0.6) is 11.8 Å². The molecule has 20 heavy (non-hydrogen) atoms. The molecule has 112 valence electrons. The predicted octanol–water partition coefficient (Wildman–Crippen LogP) is 0.678. The SMILES string of the molecule is CCS(=O)(=O)N1CCCC(Oc2nccnc2OC)C1. The Labute approximate surface area is 119 Å². The highest BCUT2D eigenvalue weighted by Gasteiger charge is 2.29. The minimum Gasteiger partial charge on any atom is -0.477 e. The van der Waals surface area contributed by atoms with Gasteiger partial charge < -0.3 is 9.47 Å². The van der Waals surface area contributed by atoms with Gasteiger partial charge in [0.2, 0.25) is 10.0 Å². The van der Waals surface area contributed by atoms with Gasteiger partial charge in [0.05, 0.1) is 19.4 Å². The van der Waals surface area contributed by atoms with Gasteiger partial charge in [0.25, 0.3) is 11.8 Å². The summed E-state index contributed by atoms with van der Waals surface area (Å²) in [6, 6.07) is 0. The van der Waals surface area contributed by atoms with Crippen molar-refractivity contribution in [3.8, 4) is 11.8 Å². The summed E-state index contributed by atoms with van der Waals surface area (Å²) in [5.74, 6) is 0.715. The lowest BCUT2D eigenvalue weighted by atomic mass is 10.1. The van der Waals surface area contributed by atoms with Crippen LogP contribution in [0.15, 0.2) is 12.4 Å². The molecular weight excluding hydrogens is 282 g/mol. The molecule has 7 nitrogen and oxygen atoms in total. The topological polar surface area (TPSA) is 81.6 Å². The smallest absolute Gasteiger partial charge is 0.278 e. The number of methoxy groups -OCH3 is 1. The van der Waals surface area contributed by atoms with Crippen LogP contribution < -0.4 is 9.47 Å². The summed E-state index contributed by atoms with van der Waals surface area (Å²) in [7, 11) is -1.68. The minimum atomic E-state index is -3.18. The molecule has 1 aromatic rings. The van der Waals surface area contributed by atoms with Gasteiger partial charge in [-0.2, -0.15) is 4.31 Å². The maximum Gasteiger partial charge on any atom is 0.278 e. The minimum absolute atomic E-state index is 0.105. The Hall–Kier alpha value is -1.41. The summed E-state index contributed by atoms with van der Waals surface area (Å²) in [4.78, 5) is 8.08. The van der Waals surface area contributed by atoms with Gasteiger partial charge in [0, 0.05) is 18.9 Å². The Morgan fingerprint density at radius 2 is 2.05 bits per heavy atom. The Balaban J connectivity index is 2.07. The van der Waals surface area contributed by atoms with Crippen molar-refractivity contribution in [3.05, 3.63) is 12.4 Å². The summed E-state index contributed by atoms with van der Waals surface area (Å²) >= 11 is 0. The largest absolute Gasteiger partial charge is 0.477 e. The molecule has 0 aliphatic carbocycles. The molecule has 0 aromatic carbocycles. The van der Waals surface area contributed by atoms with E-state index in [4.69, 9.17) is 9.47 Å². The van der Waals surface area contributed by atoms with E-state index in [1.54, 1.807) is 6.92 Å². The van der Waals surface area contributed by atoms with Crippen molar-refractivity contribution in [1.29, 1.82) is 0 Å². The van der Waals surface area contributed by atoms with Crippen LogP contribution in [0.2, 0.25) is 0 Å². The Morgan fingerprint density at radius 3 is 2.70 bits per heavy atom. The third-order valence-electron chi connectivity index (χ3n) is 3.20. The standard InChI is InChI=1S/C12H19N3O4S/c1-3-20(16,17)15-8-4-5-10(9-15)19-12-11(18-2)13-6-7-14-12/h6-7,10H,3-5,8-9H2,1-2H3. The number of nitrogens with zero attached hydrogens (tertiary/aromatic N) is 3. The summed E-state index contributed by atoms with van der Waals surface area (Å²) < 4.78 is 36.1. The first-order chi connectivity index (χ1) is 9.56. The number of hydrogen-bond acceptors (Lipinski definition) is 6. The molecular formula is C12H19N3O4S. The molecule has 1 aliphatic heterocycles. The molecule has 0 radical (unpaired) electrons.